The number of nitrogen functional groups attached to an aromatic ring is 1. The Morgan fingerprint density at radius 2 is 1.92 bits per heavy atom. The zero-order chi connectivity index (χ0) is 26.8. The zero-order valence-electron chi connectivity index (χ0n) is 20.5. The third-order valence-corrected chi connectivity index (χ3v) is 6.80. The van der Waals surface area contributed by atoms with Gasteiger partial charge < -0.3 is 35.7 Å². The number of anilines is 1. The number of nitrogens with two attached hydrogens (primary N) is 2. The van der Waals surface area contributed by atoms with Crippen molar-refractivity contribution in [1.82, 2.24) is 19.7 Å². The molecule has 202 valence electrons. The first-order chi connectivity index (χ1) is 17.1. The molecule has 14 nitrogen and oxygen atoms in total. The second-order valence-corrected chi connectivity index (χ2v) is 9.43. The highest BCUT2D eigenvalue weighted by atomic mass is 31.1. The van der Waals surface area contributed by atoms with Gasteiger partial charge in [-0.05, 0) is 25.0 Å². The molecular weight excluding hydrogens is 495 g/mol. The smallest absolute Gasteiger partial charge is 0.404 e. The second-order valence-electron chi connectivity index (χ2n) is 8.28. The van der Waals surface area contributed by atoms with E-state index in [9.17, 15) is 24.4 Å². The number of ether oxygens (including phenoxy) is 2. The monoisotopic (exact) mass is 530 g/mol. The molecule has 0 spiro atoms. The SMILES string of the molecule is CCC(CC)COC(=O)[C@H](C)N[PH](=O)OC[C@@H](OC(N)=O)[C@@H](O)[C@@H](O)Cc1ccc2c(N)ncnn12. The molecule has 2 aromatic heterocycles. The Labute approximate surface area is 209 Å². The van der Waals surface area contributed by atoms with Gasteiger partial charge in [-0.1, -0.05) is 26.7 Å². The molecule has 2 rings (SSSR count). The van der Waals surface area contributed by atoms with Gasteiger partial charge in [0.05, 0.1) is 19.3 Å². The summed E-state index contributed by atoms with van der Waals surface area (Å²) < 4.78 is 29.0. The molecular formula is C21H35N6O8P. The summed E-state index contributed by atoms with van der Waals surface area (Å²) in [4.78, 5) is 27.3. The van der Waals surface area contributed by atoms with Crippen LogP contribution in [-0.4, -0.2) is 74.4 Å². The molecule has 1 unspecified atom stereocenters. The fraction of sp³-hybridized carbons (Fsp3) is 0.619. The predicted molar refractivity (Wildman–Crippen MR) is 130 cm³/mol. The average Bonchev–Trinajstić information content (AvgIpc) is 3.25. The van der Waals surface area contributed by atoms with E-state index in [0.29, 0.717) is 11.2 Å². The number of esters is 1. The minimum atomic E-state index is -3.01. The van der Waals surface area contributed by atoms with Crippen LogP contribution in [0.3, 0.4) is 0 Å². The van der Waals surface area contributed by atoms with E-state index in [2.05, 4.69) is 15.2 Å². The molecule has 2 aromatic rings. The van der Waals surface area contributed by atoms with Gasteiger partial charge in [0.15, 0.2) is 11.9 Å². The molecule has 15 heteroatoms. The number of carbonyl (C=O) groups is 2. The molecule has 0 aliphatic rings. The molecule has 0 radical (unpaired) electrons. The van der Waals surface area contributed by atoms with Crippen molar-refractivity contribution < 1.29 is 38.4 Å². The van der Waals surface area contributed by atoms with E-state index in [4.69, 9.17) is 25.5 Å². The maximum atomic E-state index is 12.3. The van der Waals surface area contributed by atoms with E-state index in [1.54, 1.807) is 12.1 Å². The van der Waals surface area contributed by atoms with Gasteiger partial charge >= 0.3 is 12.1 Å². The number of nitrogens with one attached hydrogen (secondary N) is 1. The van der Waals surface area contributed by atoms with Crippen LogP contribution < -0.4 is 16.6 Å². The number of rotatable bonds is 15. The fourth-order valence-electron chi connectivity index (χ4n) is 3.38. The Bertz CT molecular complexity index is 1030. The maximum Gasteiger partial charge on any atom is 0.404 e. The number of carbonyl (C=O) groups excluding carboxylic acids is 2. The summed E-state index contributed by atoms with van der Waals surface area (Å²) in [5, 5.41) is 27.7. The van der Waals surface area contributed by atoms with Crippen molar-refractivity contribution in [1.29, 1.82) is 0 Å². The third kappa shape index (κ3) is 8.42. The Balaban J connectivity index is 1.93. The van der Waals surface area contributed by atoms with E-state index in [0.717, 1.165) is 12.8 Å². The van der Waals surface area contributed by atoms with E-state index >= 15 is 0 Å². The maximum absolute atomic E-state index is 12.3. The van der Waals surface area contributed by atoms with E-state index in [1.807, 2.05) is 13.8 Å². The number of hydrogen-bond acceptors (Lipinski definition) is 11. The van der Waals surface area contributed by atoms with Crippen molar-refractivity contribution in [3.63, 3.8) is 0 Å². The van der Waals surface area contributed by atoms with Gasteiger partial charge in [0.2, 0.25) is 0 Å². The zero-order valence-corrected chi connectivity index (χ0v) is 21.5. The molecule has 2 heterocycles. The molecule has 0 saturated heterocycles. The molecule has 7 N–H and O–H groups in total. The highest BCUT2D eigenvalue weighted by Gasteiger charge is 2.31. The van der Waals surface area contributed by atoms with Crippen molar-refractivity contribution in [3.05, 3.63) is 24.2 Å². The van der Waals surface area contributed by atoms with Gasteiger partial charge in [0, 0.05) is 12.1 Å². The van der Waals surface area contributed by atoms with Gasteiger partial charge in [-0.3, -0.25) is 9.36 Å². The van der Waals surface area contributed by atoms with Crippen LogP contribution in [-0.2, 0) is 29.8 Å². The summed E-state index contributed by atoms with van der Waals surface area (Å²) in [6, 6.07) is 2.37. The van der Waals surface area contributed by atoms with Crippen molar-refractivity contribution in [3.8, 4) is 0 Å². The molecule has 0 bridgehead atoms. The summed E-state index contributed by atoms with van der Waals surface area (Å²) in [6.07, 6.45) is -2.90. The first-order valence-electron chi connectivity index (χ1n) is 11.6. The van der Waals surface area contributed by atoms with Crippen molar-refractivity contribution in [2.75, 3.05) is 18.9 Å². The van der Waals surface area contributed by atoms with Crippen molar-refractivity contribution in [2.45, 2.75) is 64.4 Å². The number of amides is 1. The second kappa shape index (κ2) is 14.1. The van der Waals surface area contributed by atoms with Gasteiger partial charge in [-0.15, -0.1) is 0 Å². The van der Waals surface area contributed by atoms with Crippen LogP contribution >= 0.6 is 8.18 Å². The predicted octanol–water partition coefficient (Wildman–Crippen LogP) is 0.404. The van der Waals surface area contributed by atoms with E-state index in [-0.39, 0.29) is 24.8 Å². The molecule has 0 aliphatic heterocycles. The molecule has 0 aliphatic carbocycles. The van der Waals surface area contributed by atoms with Crippen LogP contribution in [0.4, 0.5) is 10.6 Å². The Kier molecular flexibility index (Phi) is 11.5. The summed E-state index contributed by atoms with van der Waals surface area (Å²) in [5.74, 6) is -0.113. The quantitative estimate of drug-likeness (QED) is 0.156. The van der Waals surface area contributed by atoms with Gasteiger partial charge in [-0.2, -0.15) is 5.10 Å². The number of aromatic nitrogens is 3. The lowest BCUT2D eigenvalue weighted by molar-refractivity contribution is -0.146. The number of aliphatic hydroxyl groups excluding tert-OH is 2. The van der Waals surface area contributed by atoms with Crippen LogP contribution in [0.25, 0.3) is 5.52 Å². The van der Waals surface area contributed by atoms with Gasteiger partial charge in [-0.25, -0.2) is 19.4 Å². The highest BCUT2D eigenvalue weighted by molar-refractivity contribution is 7.36. The summed E-state index contributed by atoms with van der Waals surface area (Å²) in [6.45, 7) is 5.16. The number of primary amides is 1. The lowest BCUT2D eigenvalue weighted by atomic mass is 10.0. The molecule has 0 saturated carbocycles. The summed E-state index contributed by atoms with van der Waals surface area (Å²) >= 11 is 0. The Hall–Kier alpha value is -2.77. The van der Waals surface area contributed by atoms with Crippen LogP contribution in [0.5, 0.6) is 0 Å². The third-order valence-electron chi connectivity index (χ3n) is 5.70. The van der Waals surface area contributed by atoms with Crippen LogP contribution in [0.2, 0.25) is 0 Å². The van der Waals surface area contributed by atoms with Gasteiger partial charge in [0.1, 0.15) is 24.0 Å². The van der Waals surface area contributed by atoms with Crippen molar-refractivity contribution >= 4 is 31.6 Å². The normalized spacial score (nSPS) is 15.8. The standard InChI is InChI=1S/C21H35N6O8P/c1-4-13(5-2)9-33-20(30)12(3)26-36(32)34-10-17(35-21(23)31)18(29)16(28)8-14-6-7-15-19(22)24-11-25-27(14)15/h6-7,11-13,16-18,28-29,36H,4-5,8-10H2,1-3H3,(H2,23,31)(H,26,32)(H2,22,24,25)/t12-,16-,17+,18-/m0/s1. The lowest BCUT2D eigenvalue weighted by Gasteiger charge is -2.26. The van der Waals surface area contributed by atoms with E-state index in [1.165, 1.54) is 17.8 Å². The first-order valence-corrected chi connectivity index (χ1v) is 12.9. The van der Waals surface area contributed by atoms with Crippen LogP contribution in [0.15, 0.2) is 18.5 Å². The Morgan fingerprint density at radius 3 is 2.56 bits per heavy atom. The van der Waals surface area contributed by atoms with Gasteiger partial charge in [0.25, 0.3) is 8.18 Å². The lowest BCUT2D eigenvalue weighted by Crippen LogP contribution is -2.44. The van der Waals surface area contributed by atoms with Crippen LogP contribution in [0, 0.1) is 5.92 Å². The summed E-state index contributed by atoms with van der Waals surface area (Å²) in [5.41, 5.74) is 11.9. The minimum Gasteiger partial charge on any atom is -0.464 e. The average molecular weight is 531 g/mol. The summed E-state index contributed by atoms with van der Waals surface area (Å²) in [7, 11) is -3.01. The number of fused-ring (bicyclic) bond motifs is 1. The number of nitrogens with zero attached hydrogens (tertiary/aromatic N) is 3. The number of aliphatic hydroxyl groups is 2. The topological polar surface area (TPSA) is 214 Å². The highest BCUT2D eigenvalue weighted by Crippen LogP contribution is 2.22. The fourth-order valence-corrected chi connectivity index (χ4v) is 4.25. The Morgan fingerprint density at radius 1 is 1.22 bits per heavy atom. The van der Waals surface area contributed by atoms with E-state index < -0.39 is 51.2 Å². The van der Waals surface area contributed by atoms with Crippen LogP contribution in [0.1, 0.15) is 39.3 Å². The largest absolute Gasteiger partial charge is 0.464 e. The molecule has 5 atom stereocenters. The minimum absolute atomic E-state index is 0.1000. The molecule has 1 amide bonds. The first kappa shape index (κ1) is 29.5. The molecule has 36 heavy (non-hydrogen) atoms. The molecule has 0 aromatic carbocycles. The number of hydrogen-bond donors (Lipinski definition) is 5. The molecule has 0 fully saturated rings. The van der Waals surface area contributed by atoms with Crippen molar-refractivity contribution in [2.24, 2.45) is 11.7 Å².